The zero-order valence-corrected chi connectivity index (χ0v) is 11.7. The molecule has 0 saturated carbocycles. The number of benzene rings is 1. The van der Waals surface area contributed by atoms with Crippen LogP contribution in [-0.2, 0) is 6.54 Å². The van der Waals surface area contributed by atoms with Gasteiger partial charge in [-0.25, -0.2) is 0 Å². The Morgan fingerprint density at radius 2 is 2.12 bits per heavy atom. The molecule has 0 atom stereocenters. The van der Waals surface area contributed by atoms with Crippen molar-refractivity contribution in [2.75, 3.05) is 5.32 Å². The Morgan fingerprint density at radius 3 is 2.82 bits per heavy atom. The molecule has 2 aromatic rings. The van der Waals surface area contributed by atoms with Crippen LogP contribution in [0.2, 0.25) is 5.02 Å². The van der Waals surface area contributed by atoms with Gasteiger partial charge in [0.05, 0.1) is 22.9 Å². The summed E-state index contributed by atoms with van der Waals surface area (Å²) in [5, 5.41) is 3.97. The Bertz CT molecular complexity index is 511. The average molecular weight is 312 g/mol. The van der Waals surface area contributed by atoms with Crippen LogP contribution >= 0.6 is 27.5 Å². The van der Waals surface area contributed by atoms with Crippen molar-refractivity contribution in [3.05, 3.63) is 57.3 Å². The fourth-order valence-corrected chi connectivity index (χ4v) is 1.97. The van der Waals surface area contributed by atoms with Gasteiger partial charge < -0.3 is 5.32 Å². The molecule has 4 heteroatoms. The maximum atomic E-state index is 6.08. The Balaban J connectivity index is 2.07. The van der Waals surface area contributed by atoms with Gasteiger partial charge in [0.1, 0.15) is 0 Å². The third-order valence-electron chi connectivity index (χ3n) is 2.36. The lowest BCUT2D eigenvalue weighted by Crippen LogP contribution is -2.02. The van der Waals surface area contributed by atoms with Gasteiger partial charge in [0.2, 0.25) is 0 Å². The number of nitrogens with one attached hydrogen (secondary N) is 1. The van der Waals surface area contributed by atoms with Gasteiger partial charge in [0.15, 0.2) is 0 Å². The van der Waals surface area contributed by atoms with Crippen LogP contribution in [0.4, 0.5) is 5.69 Å². The van der Waals surface area contributed by atoms with Crippen LogP contribution < -0.4 is 5.32 Å². The molecule has 88 valence electrons. The Hall–Kier alpha value is -1.06. The monoisotopic (exact) mass is 310 g/mol. The summed E-state index contributed by atoms with van der Waals surface area (Å²) in [5.41, 5.74) is 3.06. The van der Waals surface area contributed by atoms with Gasteiger partial charge in [-0.05, 0) is 36.8 Å². The highest BCUT2D eigenvalue weighted by Crippen LogP contribution is 2.25. The second kappa shape index (κ2) is 5.52. The topological polar surface area (TPSA) is 24.9 Å². The minimum atomic E-state index is 0.663. The van der Waals surface area contributed by atoms with Crippen molar-refractivity contribution >= 4 is 33.2 Å². The van der Waals surface area contributed by atoms with E-state index in [0.29, 0.717) is 11.6 Å². The standard InChI is InChI=1S/C13H12BrClN2/c1-9-2-4-11(16-7-9)8-17-13-6-10(14)3-5-12(13)15/h2-7,17H,8H2,1H3. The number of aryl methyl sites for hydroxylation is 1. The van der Waals surface area contributed by atoms with Crippen LogP contribution in [0.25, 0.3) is 0 Å². The molecule has 1 aromatic heterocycles. The summed E-state index contributed by atoms with van der Waals surface area (Å²) >= 11 is 9.50. The van der Waals surface area contributed by atoms with Crippen LogP contribution in [-0.4, -0.2) is 4.98 Å². The van der Waals surface area contributed by atoms with Crippen LogP contribution in [0, 0.1) is 6.92 Å². The van der Waals surface area contributed by atoms with Crippen LogP contribution in [0.3, 0.4) is 0 Å². The molecule has 0 radical (unpaired) electrons. The minimum Gasteiger partial charge on any atom is -0.378 e. The van der Waals surface area contributed by atoms with Gasteiger partial charge in [-0.1, -0.05) is 33.6 Å². The highest BCUT2D eigenvalue weighted by Gasteiger charge is 2.01. The first-order valence-electron chi connectivity index (χ1n) is 5.25. The van der Waals surface area contributed by atoms with Crippen molar-refractivity contribution < 1.29 is 0 Å². The van der Waals surface area contributed by atoms with Gasteiger partial charge >= 0.3 is 0 Å². The number of nitrogens with zero attached hydrogens (tertiary/aromatic N) is 1. The Morgan fingerprint density at radius 1 is 1.29 bits per heavy atom. The minimum absolute atomic E-state index is 0.663. The molecular formula is C13H12BrClN2. The second-order valence-corrected chi connectivity index (χ2v) is 5.13. The zero-order chi connectivity index (χ0) is 12.3. The molecule has 0 aliphatic rings. The van der Waals surface area contributed by atoms with Gasteiger partial charge in [-0.3, -0.25) is 4.98 Å². The Labute approximate surface area is 114 Å². The molecule has 1 aromatic carbocycles. The predicted octanol–water partition coefficient (Wildman–Crippen LogP) is 4.42. The molecule has 0 spiro atoms. The number of halogens is 2. The molecular weight excluding hydrogens is 300 g/mol. The quantitative estimate of drug-likeness (QED) is 0.907. The molecule has 0 unspecified atom stereocenters. The van der Waals surface area contributed by atoms with Crippen molar-refractivity contribution in [3.63, 3.8) is 0 Å². The highest BCUT2D eigenvalue weighted by molar-refractivity contribution is 9.10. The van der Waals surface area contributed by atoms with Crippen molar-refractivity contribution in [3.8, 4) is 0 Å². The van der Waals surface area contributed by atoms with E-state index in [4.69, 9.17) is 11.6 Å². The maximum absolute atomic E-state index is 6.08. The first kappa shape index (κ1) is 12.4. The third-order valence-corrected chi connectivity index (χ3v) is 3.18. The van der Waals surface area contributed by atoms with Gasteiger partial charge in [0.25, 0.3) is 0 Å². The summed E-state index contributed by atoms with van der Waals surface area (Å²) in [7, 11) is 0. The molecule has 0 fully saturated rings. The van der Waals surface area contributed by atoms with E-state index in [2.05, 4.69) is 26.2 Å². The molecule has 0 bridgehead atoms. The summed E-state index contributed by atoms with van der Waals surface area (Å²) in [6, 6.07) is 9.78. The number of hydrogen-bond donors (Lipinski definition) is 1. The summed E-state index contributed by atoms with van der Waals surface area (Å²) in [6.45, 7) is 2.69. The van der Waals surface area contributed by atoms with Crippen LogP contribution in [0.15, 0.2) is 41.0 Å². The first-order chi connectivity index (χ1) is 8.15. The molecule has 0 aliphatic heterocycles. The summed E-state index contributed by atoms with van der Waals surface area (Å²) in [5.74, 6) is 0. The SMILES string of the molecule is Cc1ccc(CNc2cc(Br)ccc2Cl)nc1. The molecule has 1 heterocycles. The van der Waals surface area contributed by atoms with Crippen LogP contribution in [0.5, 0.6) is 0 Å². The molecule has 1 N–H and O–H groups in total. The fraction of sp³-hybridized carbons (Fsp3) is 0.154. The number of rotatable bonds is 3. The van der Waals surface area contributed by atoms with Crippen molar-refractivity contribution in [1.29, 1.82) is 0 Å². The fourth-order valence-electron chi connectivity index (χ4n) is 1.42. The number of anilines is 1. The van der Waals surface area contributed by atoms with E-state index >= 15 is 0 Å². The van der Waals surface area contributed by atoms with E-state index in [1.165, 1.54) is 0 Å². The second-order valence-electron chi connectivity index (χ2n) is 3.80. The van der Waals surface area contributed by atoms with E-state index in [0.717, 1.165) is 21.4 Å². The van der Waals surface area contributed by atoms with Crippen molar-refractivity contribution in [1.82, 2.24) is 4.98 Å². The molecule has 0 aliphatic carbocycles. The number of aromatic nitrogens is 1. The van der Waals surface area contributed by atoms with Gasteiger partial charge in [-0.2, -0.15) is 0 Å². The summed E-state index contributed by atoms with van der Waals surface area (Å²) < 4.78 is 1.00. The number of hydrogen-bond acceptors (Lipinski definition) is 2. The summed E-state index contributed by atoms with van der Waals surface area (Å²) in [4.78, 5) is 4.33. The van der Waals surface area contributed by atoms with E-state index < -0.39 is 0 Å². The van der Waals surface area contributed by atoms with E-state index in [1.807, 2.05) is 43.5 Å². The van der Waals surface area contributed by atoms with E-state index in [1.54, 1.807) is 0 Å². The number of pyridine rings is 1. The molecule has 0 saturated heterocycles. The lowest BCUT2D eigenvalue weighted by atomic mass is 10.2. The summed E-state index contributed by atoms with van der Waals surface area (Å²) in [6.07, 6.45) is 1.86. The first-order valence-corrected chi connectivity index (χ1v) is 6.43. The lowest BCUT2D eigenvalue weighted by Gasteiger charge is -2.08. The van der Waals surface area contributed by atoms with Gasteiger partial charge in [0, 0.05) is 10.7 Å². The average Bonchev–Trinajstić information content (AvgIpc) is 2.32. The molecule has 2 nitrogen and oxygen atoms in total. The van der Waals surface area contributed by atoms with Crippen molar-refractivity contribution in [2.45, 2.75) is 13.5 Å². The van der Waals surface area contributed by atoms with E-state index in [-0.39, 0.29) is 0 Å². The zero-order valence-electron chi connectivity index (χ0n) is 9.37. The molecule has 2 rings (SSSR count). The largest absolute Gasteiger partial charge is 0.378 e. The maximum Gasteiger partial charge on any atom is 0.0638 e. The van der Waals surface area contributed by atoms with Gasteiger partial charge in [-0.15, -0.1) is 0 Å². The Kier molecular flexibility index (Phi) is 4.02. The normalized spacial score (nSPS) is 10.3. The van der Waals surface area contributed by atoms with Crippen molar-refractivity contribution in [2.24, 2.45) is 0 Å². The molecule has 0 amide bonds. The lowest BCUT2D eigenvalue weighted by molar-refractivity contribution is 1.04. The molecule has 17 heavy (non-hydrogen) atoms. The third kappa shape index (κ3) is 3.45. The predicted molar refractivity (Wildman–Crippen MR) is 75.5 cm³/mol. The van der Waals surface area contributed by atoms with E-state index in [9.17, 15) is 0 Å². The van der Waals surface area contributed by atoms with Crippen LogP contribution in [0.1, 0.15) is 11.3 Å². The highest BCUT2D eigenvalue weighted by atomic mass is 79.9. The smallest absolute Gasteiger partial charge is 0.0638 e.